The Hall–Kier alpha value is -3.97. The lowest BCUT2D eigenvalue weighted by atomic mass is 9.93. The monoisotopic (exact) mass is 535 g/mol. The van der Waals surface area contributed by atoms with Crippen molar-refractivity contribution in [2.75, 3.05) is 25.7 Å². The van der Waals surface area contributed by atoms with Crippen LogP contribution < -0.4 is 19.1 Å². The molecule has 1 unspecified atom stereocenters. The molecule has 1 saturated heterocycles. The lowest BCUT2D eigenvalue weighted by Gasteiger charge is -2.26. The van der Waals surface area contributed by atoms with Crippen molar-refractivity contribution in [2.24, 2.45) is 0 Å². The highest BCUT2D eigenvalue weighted by Gasteiger charge is 2.47. The first-order chi connectivity index (χ1) is 18.2. The number of hydrogen-bond donors (Lipinski definition) is 1. The Morgan fingerprint density at radius 1 is 0.974 bits per heavy atom. The van der Waals surface area contributed by atoms with E-state index in [4.69, 9.17) is 25.8 Å². The van der Waals surface area contributed by atoms with Gasteiger partial charge in [-0.25, -0.2) is 0 Å². The van der Waals surface area contributed by atoms with Crippen molar-refractivity contribution in [1.29, 1.82) is 0 Å². The van der Waals surface area contributed by atoms with Gasteiger partial charge in [-0.2, -0.15) is 0 Å². The van der Waals surface area contributed by atoms with E-state index < -0.39 is 17.7 Å². The van der Waals surface area contributed by atoms with Crippen molar-refractivity contribution >= 4 is 34.7 Å². The normalized spacial score (nSPS) is 16.7. The average Bonchev–Trinajstić information content (AvgIpc) is 3.18. The summed E-state index contributed by atoms with van der Waals surface area (Å²) in [5.74, 6) is -0.131. The van der Waals surface area contributed by atoms with Gasteiger partial charge in [0, 0.05) is 16.3 Å². The van der Waals surface area contributed by atoms with Gasteiger partial charge in [-0.05, 0) is 72.5 Å². The standard InChI is InChI=1S/C30H30ClNO6/c1-6-38-25-15-18(10-13-24(25)37-5)27-26(28(33)19-11-12-23(36-4)22(14-19)17(2)3)29(34)30(35)32(27)21-9-7-8-20(31)16-21/h7-17,27,33H,6H2,1-5H3/b28-26+. The average molecular weight is 536 g/mol. The zero-order valence-corrected chi connectivity index (χ0v) is 22.7. The number of Topliss-reactive ketones (excluding diaryl/α,β-unsaturated/α-hetero) is 1. The quantitative estimate of drug-likeness (QED) is 0.201. The summed E-state index contributed by atoms with van der Waals surface area (Å²) in [4.78, 5) is 28.3. The van der Waals surface area contributed by atoms with Gasteiger partial charge in [0.15, 0.2) is 11.5 Å². The molecular weight excluding hydrogens is 506 g/mol. The fraction of sp³-hybridized carbons (Fsp3) is 0.267. The molecule has 3 aromatic carbocycles. The molecule has 3 aromatic rings. The summed E-state index contributed by atoms with van der Waals surface area (Å²) in [5, 5.41) is 12.0. The Kier molecular flexibility index (Phi) is 7.97. The summed E-state index contributed by atoms with van der Waals surface area (Å²) >= 11 is 6.24. The number of ketones is 1. The fourth-order valence-electron chi connectivity index (χ4n) is 4.66. The van der Waals surface area contributed by atoms with E-state index in [1.54, 1.807) is 67.8 Å². The summed E-state index contributed by atoms with van der Waals surface area (Å²) in [6.07, 6.45) is 0. The largest absolute Gasteiger partial charge is 0.507 e. The second kappa shape index (κ2) is 11.2. The van der Waals surface area contributed by atoms with E-state index in [2.05, 4.69) is 0 Å². The first kappa shape index (κ1) is 27.1. The number of carbonyl (C=O) groups is 2. The van der Waals surface area contributed by atoms with E-state index in [1.807, 2.05) is 20.8 Å². The molecule has 1 aliphatic heterocycles. The zero-order valence-electron chi connectivity index (χ0n) is 21.9. The topological polar surface area (TPSA) is 85.3 Å². The molecule has 0 bridgehead atoms. The Morgan fingerprint density at radius 2 is 1.68 bits per heavy atom. The van der Waals surface area contributed by atoms with Crippen molar-refractivity contribution in [3.8, 4) is 17.2 Å². The van der Waals surface area contributed by atoms with E-state index in [-0.39, 0.29) is 17.3 Å². The maximum Gasteiger partial charge on any atom is 0.300 e. The van der Waals surface area contributed by atoms with Gasteiger partial charge in [-0.15, -0.1) is 0 Å². The number of rotatable bonds is 8. The Balaban J connectivity index is 1.98. The highest BCUT2D eigenvalue weighted by atomic mass is 35.5. The molecule has 1 fully saturated rings. The molecule has 0 aliphatic carbocycles. The van der Waals surface area contributed by atoms with E-state index >= 15 is 0 Å². The van der Waals surface area contributed by atoms with Gasteiger partial charge < -0.3 is 19.3 Å². The molecule has 8 heteroatoms. The molecule has 0 saturated carbocycles. The molecule has 1 N–H and O–H groups in total. The molecule has 38 heavy (non-hydrogen) atoms. The van der Waals surface area contributed by atoms with Gasteiger partial charge in [0.25, 0.3) is 11.7 Å². The number of amides is 1. The smallest absolute Gasteiger partial charge is 0.300 e. The van der Waals surface area contributed by atoms with Gasteiger partial charge in [0.1, 0.15) is 11.5 Å². The Bertz CT molecular complexity index is 1410. The van der Waals surface area contributed by atoms with Crippen LogP contribution in [0.25, 0.3) is 5.76 Å². The number of halogens is 1. The summed E-state index contributed by atoms with van der Waals surface area (Å²) in [5.41, 5.74) is 2.22. The van der Waals surface area contributed by atoms with Crippen LogP contribution in [0.15, 0.2) is 66.2 Å². The highest BCUT2D eigenvalue weighted by molar-refractivity contribution is 6.51. The maximum atomic E-state index is 13.5. The number of anilines is 1. The van der Waals surface area contributed by atoms with E-state index in [0.29, 0.717) is 45.7 Å². The number of benzene rings is 3. The van der Waals surface area contributed by atoms with E-state index in [1.165, 1.54) is 12.0 Å². The van der Waals surface area contributed by atoms with Crippen LogP contribution in [0.5, 0.6) is 17.2 Å². The molecule has 1 aliphatic rings. The molecule has 7 nitrogen and oxygen atoms in total. The van der Waals surface area contributed by atoms with Crippen LogP contribution in [0.3, 0.4) is 0 Å². The van der Waals surface area contributed by atoms with E-state index in [9.17, 15) is 14.7 Å². The molecule has 4 rings (SSSR count). The van der Waals surface area contributed by atoms with E-state index in [0.717, 1.165) is 5.56 Å². The minimum atomic E-state index is -0.941. The van der Waals surface area contributed by atoms with Crippen molar-refractivity contribution in [3.05, 3.63) is 87.9 Å². The number of ether oxygens (including phenoxy) is 3. The molecule has 0 spiro atoms. The van der Waals surface area contributed by atoms with Crippen molar-refractivity contribution < 1.29 is 28.9 Å². The van der Waals surface area contributed by atoms with Crippen LogP contribution >= 0.6 is 11.6 Å². The van der Waals surface area contributed by atoms with Crippen LogP contribution in [-0.4, -0.2) is 37.6 Å². The van der Waals surface area contributed by atoms with Crippen molar-refractivity contribution in [1.82, 2.24) is 0 Å². The summed E-state index contributed by atoms with van der Waals surface area (Å²) in [7, 11) is 3.11. The van der Waals surface area contributed by atoms with Gasteiger partial charge in [-0.1, -0.05) is 37.6 Å². The second-order valence-corrected chi connectivity index (χ2v) is 9.54. The van der Waals surface area contributed by atoms with Gasteiger partial charge in [-0.3, -0.25) is 14.5 Å². The van der Waals surface area contributed by atoms with Crippen LogP contribution in [0.4, 0.5) is 5.69 Å². The van der Waals surface area contributed by atoms with Crippen LogP contribution in [-0.2, 0) is 9.59 Å². The minimum Gasteiger partial charge on any atom is -0.507 e. The lowest BCUT2D eigenvalue weighted by Crippen LogP contribution is -2.29. The number of hydrogen-bond acceptors (Lipinski definition) is 6. The molecular formula is C30H30ClNO6. The number of aliphatic hydroxyl groups is 1. The highest BCUT2D eigenvalue weighted by Crippen LogP contribution is 2.45. The lowest BCUT2D eigenvalue weighted by molar-refractivity contribution is -0.132. The Labute approximate surface area is 227 Å². The third-order valence-corrected chi connectivity index (χ3v) is 6.69. The minimum absolute atomic E-state index is 0.0394. The number of carbonyl (C=O) groups excluding carboxylic acids is 2. The Morgan fingerprint density at radius 3 is 2.32 bits per heavy atom. The molecule has 1 amide bonds. The summed E-state index contributed by atoms with van der Waals surface area (Å²) < 4.78 is 16.7. The molecule has 198 valence electrons. The molecule has 0 radical (unpaired) electrons. The number of nitrogens with zero attached hydrogens (tertiary/aromatic N) is 1. The molecule has 0 aromatic heterocycles. The second-order valence-electron chi connectivity index (χ2n) is 9.10. The summed E-state index contributed by atoms with van der Waals surface area (Å²) in [6.45, 7) is 6.25. The van der Waals surface area contributed by atoms with Gasteiger partial charge in [0.05, 0.1) is 32.4 Å². The summed E-state index contributed by atoms with van der Waals surface area (Å²) in [6, 6.07) is 16.1. The van der Waals surface area contributed by atoms with Crippen molar-refractivity contribution in [2.45, 2.75) is 32.7 Å². The first-order valence-electron chi connectivity index (χ1n) is 12.3. The third kappa shape index (κ3) is 4.94. The molecule has 1 heterocycles. The maximum absolute atomic E-state index is 13.5. The van der Waals surface area contributed by atoms with Crippen LogP contribution in [0.2, 0.25) is 5.02 Å². The number of aliphatic hydroxyl groups excluding tert-OH is 1. The van der Waals surface area contributed by atoms with Gasteiger partial charge in [0.2, 0.25) is 0 Å². The van der Waals surface area contributed by atoms with Crippen LogP contribution in [0.1, 0.15) is 49.4 Å². The van der Waals surface area contributed by atoms with Gasteiger partial charge >= 0.3 is 0 Å². The predicted octanol–water partition coefficient (Wildman–Crippen LogP) is 6.51. The predicted molar refractivity (Wildman–Crippen MR) is 147 cm³/mol. The third-order valence-electron chi connectivity index (χ3n) is 6.46. The number of methoxy groups -OCH3 is 2. The van der Waals surface area contributed by atoms with Crippen LogP contribution in [0, 0.1) is 0 Å². The van der Waals surface area contributed by atoms with Crippen molar-refractivity contribution in [3.63, 3.8) is 0 Å². The molecule has 1 atom stereocenters. The first-order valence-corrected chi connectivity index (χ1v) is 12.6. The SMILES string of the molecule is CCOc1cc(C2/C(=C(\O)c3ccc(OC)c(C(C)C)c3)C(=O)C(=O)N2c2cccc(Cl)c2)ccc1OC. The zero-order chi connectivity index (χ0) is 27.6. The fourth-order valence-corrected chi connectivity index (χ4v) is 4.84.